The maximum Gasteiger partial charge on any atom is 0.241 e. The van der Waals surface area contributed by atoms with Crippen molar-refractivity contribution in [1.29, 1.82) is 0 Å². The summed E-state index contributed by atoms with van der Waals surface area (Å²) in [5.41, 5.74) is 1.77. The quantitative estimate of drug-likeness (QED) is 0.844. The van der Waals surface area contributed by atoms with Gasteiger partial charge in [-0.3, -0.25) is 4.98 Å². The first-order valence-electron chi connectivity index (χ1n) is 6.23. The number of benzene rings is 1. The zero-order chi connectivity index (χ0) is 15.5. The molecule has 1 aromatic heterocycles. The molecule has 0 aliphatic rings. The van der Waals surface area contributed by atoms with Crippen LogP contribution in [-0.4, -0.2) is 18.5 Å². The maximum absolute atomic E-state index is 12.4. The summed E-state index contributed by atoms with van der Waals surface area (Å²) in [6.07, 6.45) is 1.61. The van der Waals surface area contributed by atoms with Gasteiger partial charge in [-0.05, 0) is 42.3 Å². The number of nitrogens with zero attached hydrogens (tertiary/aromatic N) is 1. The van der Waals surface area contributed by atoms with Crippen LogP contribution in [0.4, 0.5) is 0 Å². The van der Waals surface area contributed by atoms with E-state index in [0.29, 0.717) is 21.3 Å². The van der Waals surface area contributed by atoms with Crippen LogP contribution in [0.5, 0.6) is 0 Å². The molecular weight excluding hydrogens is 356 g/mol. The SMILES string of the molecule is Cc1c(Br)cc(CO)cc1S(=O)(=O)NCc1ccccn1. The van der Waals surface area contributed by atoms with Crippen LogP contribution in [0.2, 0.25) is 0 Å². The number of aromatic nitrogens is 1. The lowest BCUT2D eigenvalue weighted by molar-refractivity contribution is 0.281. The van der Waals surface area contributed by atoms with E-state index in [9.17, 15) is 13.5 Å². The molecule has 2 aromatic rings. The van der Waals surface area contributed by atoms with Gasteiger partial charge in [0.25, 0.3) is 0 Å². The highest BCUT2D eigenvalue weighted by atomic mass is 79.9. The molecule has 5 nitrogen and oxygen atoms in total. The van der Waals surface area contributed by atoms with Gasteiger partial charge in [-0.25, -0.2) is 13.1 Å². The molecule has 0 spiro atoms. The van der Waals surface area contributed by atoms with E-state index in [1.54, 1.807) is 37.4 Å². The Morgan fingerprint density at radius 3 is 2.71 bits per heavy atom. The molecule has 2 N–H and O–H groups in total. The van der Waals surface area contributed by atoms with Crippen molar-refractivity contribution in [2.24, 2.45) is 0 Å². The van der Waals surface area contributed by atoms with Crippen LogP contribution in [0.25, 0.3) is 0 Å². The van der Waals surface area contributed by atoms with Gasteiger partial charge >= 0.3 is 0 Å². The van der Waals surface area contributed by atoms with E-state index in [4.69, 9.17) is 0 Å². The van der Waals surface area contributed by atoms with Crippen LogP contribution in [0.1, 0.15) is 16.8 Å². The summed E-state index contributed by atoms with van der Waals surface area (Å²) in [7, 11) is -3.68. The molecule has 0 radical (unpaired) electrons. The van der Waals surface area contributed by atoms with Gasteiger partial charge in [-0.2, -0.15) is 0 Å². The molecule has 0 saturated heterocycles. The topological polar surface area (TPSA) is 79.3 Å². The third-order valence-corrected chi connectivity index (χ3v) is 5.35. The zero-order valence-electron chi connectivity index (χ0n) is 11.4. The smallest absolute Gasteiger partial charge is 0.241 e. The fourth-order valence-electron chi connectivity index (χ4n) is 1.83. The van der Waals surface area contributed by atoms with Crippen molar-refractivity contribution in [1.82, 2.24) is 9.71 Å². The number of sulfonamides is 1. The molecule has 2 rings (SSSR count). The average molecular weight is 371 g/mol. The normalized spacial score (nSPS) is 11.6. The molecule has 112 valence electrons. The van der Waals surface area contributed by atoms with Crippen molar-refractivity contribution in [3.63, 3.8) is 0 Å². The van der Waals surface area contributed by atoms with Gasteiger partial charge in [0, 0.05) is 10.7 Å². The summed E-state index contributed by atoms with van der Waals surface area (Å²) >= 11 is 3.31. The molecule has 0 bridgehead atoms. The highest BCUT2D eigenvalue weighted by molar-refractivity contribution is 9.10. The minimum Gasteiger partial charge on any atom is -0.392 e. The van der Waals surface area contributed by atoms with Gasteiger partial charge in [0.15, 0.2) is 0 Å². The van der Waals surface area contributed by atoms with E-state index in [1.165, 1.54) is 6.07 Å². The Morgan fingerprint density at radius 1 is 1.33 bits per heavy atom. The lowest BCUT2D eigenvalue weighted by Crippen LogP contribution is -2.24. The Balaban J connectivity index is 2.29. The van der Waals surface area contributed by atoms with E-state index in [-0.39, 0.29) is 18.0 Å². The largest absolute Gasteiger partial charge is 0.392 e. The van der Waals surface area contributed by atoms with Gasteiger partial charge in [0.2, 0.25) is 10.0 Å². The Hall–Kier alpha value is -1.28. The van der Waals surface area contributed by atoms with E-state index in [1.807, 2.05) is 0 Å². The molecular formula is C14H15BrN2O3S. The van der Waals surface area contributed by atoms with Crippen molar-refractivity contribution in [3.8, 4) is 0 Å². The molecule has 0 aliphatic heterocycles. The first-order chi connectivity index (χ1) is 9.94. The number of hydrogen-bond acceptors (Lipinski definition) is 4. The minimum absolute atomic E-state index is 0.115. The molecule has 0 aliphatic carbocycles. The van der Waals surface area contributed by atoms with E-state index < -0.39 is 10.0 Å². The highest BCUT2D eigenvalue weighted by Crippen LogP contribution is 2.25. The highest BCUT2D eigenvalue weighted by Gasteiger charge is 2.19. The first kappa shape index (κ1) is 16.1. The Morgan fingerprint density at radius 2 is 2.10 bits per heavy atom. The lowest BCUT2D eigenvalue weighted by atomic mass is 10.2. The molecule has 0 atom stereocenters. The number of aliphatic hydroxyl groups excluding tert-OH is 1. The van der Waals surface area contributed by atoms with Crippen LogP contribution < -0.4 is 4.72 Å². The number of nitrogens with one attached hydrogen (secondary N) is 1. The standard InChI is InChI=1S/C14H15BrN2O3S/c1-10-13(15)6-11(9-18)7-14(10)21(19,20)17-8-12-4-2-3-5-16-12/h2-7,17-18H,8-9H2,1H3. The number of hydrogen-bond donors (Lipinski definition) is 2. The Bertz CT molecular complexity index is 733. The van der Waals surface area contributed by atoms with Gasteiger partial charge in [-0.15, -0.1) is 0 Å². The van der Waals surface area contributed by atoms with Crippen molar-refractivity contribution in [2.75, 3.05) is 0 Å². The summed E-state index contributed by atoms with van der Waals surface area (Å²) in [5.74, 6) is 0. The fraction of sp³-hybridized carbons (Fsp3) is 0.214. The number of rotatable bonds is 5. The summed E-state index contributed by atoms with van der Waals surface area (Å²) in [4.78, 5) is 4.22. The van der Waals surface area contributed by atoms with E-state index >= 15 is 0 Å². The molecule has 0 fully saturated rings. The molecule has 0 amide bonds. The van der Waals surface area contributed by atoms with E-state index in [0.717, 1.165) is 0 Å². The van der Waals surface area contributed by atoms with Crippen LogP contribution in [0.3, 0.4) is 0 Å². The molecule has 1 aromatic carbocycles. The maximum atomic E-state index is 12.4. The molecule has 7 heteroatoms. The summed E-state index contributed by atoms with van der Waals surface area (Å²) in [6, 6.07) is 8.48. The van der Waals surface area contributed by atoms with Crippen LogP contribution >= 0.6 is 15.9 Å². The molecule has 1 heterocycles. The summed E-state index contributed by atoms with van der Waals surface area (Å²) in [5, 5.41) is 9.20. The second-order valence-electron chi connectivity index (χ2n) is 4.50. The molecule has 0 unspecified atom stereocenters. The van der Waals surface area contributed by atoms with Crippen LogP contribution in [-0.2, 0) is 23.2 Å². The van der Waals surface area contributed by atoms with Crippen LogP contribution in [0, 0.1) is 6.92 Å². The monoisotopic (exact) mass is 370 g/mol. The summed E-state index contributed by atoms with van der Waals surface area (Å²) in [6.45, 7) is 1.60. The summed E-state index contributed by atoms with van der Waals surface area (Å²) < 4.78 is 28.0. The van der Waals surface area contributed by atoms with Gasteiger partial charge in [-0.1, -0.05) is 22.0 Å². The number of halogens is 1. The minimum atomic E-state index is -3.68. The number of aliphatic hydroxyl groups is 1. The van der Waals surface area contributed by atoms with Gasteiger partial charge < -0.3 is 5.11 Å². The second kappa shape index (κ2) is 6.65. The van der Waals surface area contributed by atoms with Crippen molar-refractivity contribution in [3.05, 3.63) is 57.8 Å². The van der Waals surface area contributed by atoms with Crippen molar-refractivity contribution < 1.29 is 13.5 Å². The van der Waals surface area contributed by atoms with Crippen molar-refractivity contribution >= 4 is 26.0 Å². The predicted molar refractivity (Wildman–Crippen MR) is 83.1 cm³/mol. The van der Waals surface area contributed by atoms with Crippen LogP contribution in [0.15, 0.2) is 45.9 Å². The molecule has 21 heavy (non-hydrogen) atoms. The molecule has 0 saturated carbocycles. The third kappa shape index (κ3) is 3.88. The fourth-order valence-corrected chi connectivity index (χ4v) is 3.78. The predicted octanol–water partition coefficient (Wildman–Crippen LogP) is 2.12. The third-order valence-electron chi connectivity index (χ3n) is 3.00. The van der Waals surface area contributed by atoms with E-state index in [2.05, 4.69) is 25.6 Å². The Kier molecular flexibility index (Phi) is 5.10. The zero-order valence-corrected chi connectivity index (χ0v) is 13.8. The first-order valence-corrected chi connectivity index (χ1v) is 8.51. The second-order valence-corrected chi connectivity index (χ2v) is 7.09. The van der Waals surface area contributed by atoms with Gasteiger partial charge in [0.05, 0.1) is 23.7 Å². The van der Waals surface area contributed by atoms with Gasteiger partial charge in [0.1, 0.15) is 0 Å². The average Bonchev–Trinajstić information content (AvgIpc) is 2.48. The Labute approximate surface area is 132 Å². The van der Waals surface area contributed by atoms with Crippen molar-refractivity contribution in [2.45, 2.75) is 25.0 Å². The number of pyridine rings is 1. The lowest BCUT2D eigenvalue weighted by Gasteiger charge is -2.12.